The van der Waals surface area contributed by atoms with Gasteiger partial charge in [-0.2, -0.15) is 5.10 Å². The molecule has 0 atom stereocenters. The number of carbonyl (C=O) groups is 1. The van der Waals surface area contributed by atoms with Crippen LogP contribution in [0.3, 0.4) is 0 Å². The van der Waals surface area contributed by atoms with Gasteiger partial charge in [0.05, 0.1) is 23.9 Å². The van der Waals surface area contributed by atoms with Crippen molar-refractivity contribution in [1.82, 2.24) is 19.9 Å². The maximum Gasteiger partial charge on any atom is 0.270 e. The van der Waals surface area contributed by atoms with Gasteiger partial charge in [0.2, 0.25) is 5.88 Å². The summed E-state index contributed by atoms with van der Waals surface area (Å²) in [6.45, 7) is 6.24. The van der Waals surface area contributed by atoms with Crippen LogP contribution in [0.1, 0.15) is 37.0 Å². The van der Waals surface area contributed by atoms with E-state index in [0.717, 1.165) is 22.3 Å². The van der Waals surface area contributed by atoms with Crippen LogP contribution < -0.4 is 10.5 Å². The highest BCUT2D eigenvalue weighted by Gasteiger charge is 2.30. The Morgan fingerprint density at radius 1 is 1.14 bits per heavy atom. The maximum atomic E-state index is 11.4. The summed E-state index contributed by atoms with van der Waals surface area (Å²) >= 11 is 0. The summed E-state index contributed by atoms with van der Waals surface area (Å²) in [5.74, 6) is 0.464. The van der Waals surface area contributed by atoms with Gasteiger partial charge in [0.1, 0.15) is 11.3 Å². The Balaban J connectivity index is 1.74. The van der Waals surface area contributed by atoms with Gasteiger partial charge in [0.15, 0.2) is 11.5 Å². The fraction of sp³-hybridized carbons (Fsp3) is 0.192. The number of hydrogen-bond donors (Lipinski definition) is 3. The normalized spacial score (nSPS) is 11.8. The lowest BCUT2D eigenvalue weighted by Gasteiger charge is -2.18. The molecule has 0 fully saturated rings. The third-order valence-electron chi connectivity index (χ3n) is 5.91. The first-order valence-corrected chi connectivity index (χ1v) is 11.0. The predicted molar refractivity (Wildman–Crippen MR) is 132 cm³/mol. The number of ether oxygens (including phenoxy) is 1. The summed E-state index contributed by atoms with van der Waals surface area (Å²) in [6, 6.07) is 16.5. The van der Waals surface area contributed by atoms with Gasteiger partial charge in [-0.1, -0.05) is 38.1 Å². The number of aromatic hydroxyl groups is 1. The number of nitrogens with two attached hydrogens (primary N) is 1. The number of rotatable bonds is 5. The zero-order valence-corrected chi connectivity index (χ0v) is 19.8. The zero-order valence-electron chi connectivity index (χ0n) is 19.8. The van der Waals surface area contributed by atoms with Crippen molar-refractivity contribution in [2.24, 2.45) is 5.73 Å². The van der Waals surface area contributed by atoms with Crippen molar-refractivity contribution in [3.63, 3.8) is 0 Å². The molecule has 0 saturated heterocycles. The van der Waals surface area contributed by atoms with Crippen molar-refractivity contribution in [2.45, 2.75) is 26.2 Å². The molecule has 5 aromatic rings. The number of fused-ring (bicyclic) bond motifs is 1. The highest BCUT2D eigenvalue weighted by molar-refractivity contribution is 6.02. The molecule has 0 aliphatic heterocycles. The second-order valence-electron chi connectivity index (χ2n) is 9.27. The minimum absolute atomic E-state index is 0.0346. The van der Waals surface area contributed by atoms with Gasteiger partial charge in [-0.15, -0.1) is 0 Å². The fourth-order valence-corrected chi connectivity index (χ4v) is 4.26. The molecule has 0 spiro atoms. The topological polar surface area (TPSA) is 132 Å². The van der Waals surface area contributed by atoms with E-state index < -0.39 is 5.91 Å². The lowest BCUT2D eigenvalue weighted by molar-refractivity contribution is 0.0991. The molecule has 4 N–H and O–H groups in total. The molecule has 0 bridgehead atoms. The van der Waals surface area contributed by atoms with Gasteiger partial charge in [-0.25, -0.2) is 0 Å². The second-order valence-corrected chi connectivity index (χ2v) is 9.27. The van der Waals surface area contributed by atoms with Crippen molar-refractivity contribution in [3.8, 4) is 39.9 Å². The molecule has 0 unspecified atom stereocenters. The van der Waals surface area contributed by atoms with E-state index in [4.69, 9.17) is 15.0 Å². The Bertz CT molecular complexity index is 1550. The molecule has 3 heterocycles. The SMILES string of the molecule is COc1ccccc1-c1c2c(C(C)(C)C)n[nH]c2c(O)n1-c1ccc(-c2cc(C(N)=O)no2)cc1. The molecule has 0 aliphatic rings. The van der Waals surface area contributed by atoms with Crippen molar-refractivity contribution < 1.29 is 19.2 Å². The molecule has 2 aromatic carbocycles. The largest absolute Gasteiger partial charge is 0.496 e. The summed E-state index contributed by atoms with van der Waals surface area (Å²) in [4.78, 5) is 11.4. The van der Waals surface area contributed by atoms with Crippen LogP contribution in [0, 0.1) is 0 Å². The lowest BCUT2D eigenvalue weighted by atomic mass is 9.89. The van der Waals surface area contributed by atoms with Crippen molar-refractivity contribution in [3.05, 3.63) is 66.0 Å². The number of aromatic nitrogens is 4. The standard InChI is InChI=1S/C26H25N5O4/c1-26(2,3)23-20-21(28-29-23)25(33)31(22(20)16-7-5-6-8-18(16)34-4)15-11-9-14(10-12-15)19-13-17(24(27)32)30-35-19/h5-13,28,33H,1-4H3,(H2,27,32). The van der Waals surface area contributed by atoms with Crippen LogP contribution in [0.15, 0.2) is 59.1 Å². The fourth-order valence-electron chi connectivity index (χ4n) is 4.26. The van der Waals surface area contributed by atoms with Crippen LogP contribution in [0.25, 0.3) is 39.2 Å². The van der Waals surface area contributed by atoms with Crippen molar-refractivity contribution in [1.29, 1.82) is 0 Å². The van der Waals surface area contributed by atoms with Crippen LogP contribution in [0.5, 0.6) is 11.6 Å². The summed E-state index contributed by atoms with van der Waals surface area (Å²) in [7, 11) is 1.62. The number of carbonyl (C=O) groups excluding carboxylic acids is 1. The number of methoxy groups -OCH3 is 1. The quantitative estimate of drug-likeness (QED) is 0.338. The van der Waals surface area contributed by atoms with Gasteiger partial charge in [0.25, 0.3) is 5.91 Å². The Morgan fingerprint density at radius 3 is 2.49 bits per heavy atom. The molecular formula is C26H25N5O4. The maximum absolute atomic E-state index is 11.4. The van der Waals surface area contributed by atoms with Crippen LogP contribution in [0.4, 0.5) is 0 Å². The number of H-pyrrole nitrogens is 1. The van der Waals surface area contributed by atoms with Gasteiger partial charge < -0.3 is 20.1 Å². The van der Waals surface area contributed by atoms with E-state index in [2.05, 4.69) is 36.1 Å². The third-order valence-corrected chi connectivity index (χ3v) is 5.91. The Morgan fingerprint density at radius 2 is 1.86 bits per heavy atom. The van der Waals surface area contributed by atoms with E-state index in [1.807, 2.05) is 48.5 Å². The molecule has 9 heteroatoms. The first-order chi connectivity index (χ1) is 16.7. The van der Waals surface area contributed by atoms with Gasteiger partial charge in [-0.05, 0) is 36.4 Å². The molecule has 0 saturated carbocycles. The molecule has 0 aliphatic carbocycles. The first-order valence-electron chi connectivity index (χ1n) is 11.0. The van der Waals surface area contributed by atoms with E-state index in [1.165, 1.54) is 6.07 Å². The highest BCUT2D eigenvalue weighted by atomic mass is 16.5. The molecule has 0 radical (unpaired) electrons. The number of hydrogen-bond acceptors (Lipinski definition) is 6. The minimum atomic E-state index is -0.659. The molecule has 178 valence electrons. The van der Waals surface area contributed by atoms with Gasteiger partial charge >= 0.3 is 0 Å². The van der Waals surface area contributed by atoms with E-state index in [1.54, 1.807) is 11.7 Å². The van der Waals surface area contributed by atoms with E-state index in [-0.39, 0.29) is 17.0 Å². The van der Waals surface area contributed by atoms with E-state index in [9.17, 15) is 9.90 Å². The smallest absolute Gasteiger partial charge is 0.270 e. The van der Waals surface area contributed by atoms with Crippen LogP contribution >= 0.6 is 0 Å². The summed E-state index contributed by atoms with van der Waals surface area (Å²) < 4.78 is 12.7. The Hall–Kier alpha value is -4.53. The number of benzene rings is 2. The molecule has 1 amide bonds. The van der Waals surface area contributed by atoms with E-state index in [0.29, 0.717) is 28.3 Å². The Kier molecular flexibility index (Phi) is 5.12. The van der Waals surface area contributed by atoms with E-state index >= 15 is 0 Å². The zero-order chi connectivity index (χ0) is 24.9. The number of primary amides is 1. The van der Waals surface area contributed by atoms with Crippen LogP contribution in [-0.4, -0.2) is 38.0 Å². The van der Waals surface area contributed by atoms with Crippen molar-refractivity contribution in [2.75, 3.05) is 7.11 Å². The number of amides is 1. The first kappa shape index (κ1) is 22.3. The summed E-state index contributed by atoms with van der Waals surface area (Å²) in [6.07, 6.45) is 0. The molecule has 9 nitrogen and oxygen atoms in total. The highest BCUT2D eigenvalue weighted by Crippen LogP contribution is 2.46. The van der Waals surface area contributed by atoms with Gasteiger partial charge in [-0.3, -0.25) is 14.5 Å². The van der Waals surface area contributed by atoms with Crippen molar-refractivity contribution >= 4 is 16.8 Å². The second kappa shape index (κ2) is 8.05. The lowest BCUT2D eigenvalue weighted by Crippen LogP contribution is -2.12. The number of nitrogens with zero attached hydrogens (tertiary/aromatic N) is 3. The molecule has 3 aromatic heterocycles. The third kappa shape index (κ3) is 3.61. The molecular weight excluding hydrogens is 446 g/mol. The summed E-state index contributed by atoms with van der Waals surface area (Å²) in [5.41, 5.74) is 9.44. The number of para-hydroxylation sites is 1. The average Bonchev–Trinajstić information content (AvgIpc) is 3.55. The number of aromatic amines is 1. The average molecular weight is 472 g/mol. The van der Waals surface area contributed by atoms with Crippen LogP contribution in [0.2, 0.25) is 0 Å². The monoisotopic (exact) mass is 471 g/mol. The van der Waals surface area contributed by atoms with Crippen LogP contribution in [-0.2, 0) is 5.41 Å². The molecule has 5 rings (SSSR count). The minimum Gasteiger partial charge on any atom is -0.496 e. The Labute approximate surface area is 201 Å². The number of nitrogens with one attached hydrogen (secondary N) is 1. The van der Waals surface area contributed by atoms with Gasteiger partial charge in [0, 0.05) is 28.3 Å². The summed E-state index contributed by atoms with van der Waals surface area (Å²) in [5, 5.41) is 23.4. The molecule has 35 heavy (non-hydrogen) atoms. The predicted octanol–water partition coefficient (Wildman–Crippen LogP) is 4.79.